The lowest BCUT2D eigenvalue weighted by atomic mass is 9.92. The van der Waals surface area contributed by atoms with E-state index in [2.05, 4.69) is 11.9 Å². The van der Waals surface area contributed by atoms with E-state index in [9.17, 15) is 4.79 Å². The Morgan fingerprint density at radius 3 is 2.91 bits per heavy atom. The van der Waals surface area contributed by atoms with Crippen molar-refractivity contribution in [3.05, 3.63) is 10.9 Å². The van der Waals surface area contributed by atoms with E-state index in [-0.39, 0.29) is 11.9 Å². The second-order valence-corrected chi connectivity index (χ2v) is 8.23. The predicted molar refractivity (Wildman–Crippen MR) is 94.1 cm³/mol. The molecule has 120 valence electrons. The average molecular weight is 339 g/mol. The maximum Gasteiger partial charge on any atom is 0.264 e. The largest absolute Gasteiger partial charge is 0.354 e. The van der Waals surface area contributed by atoms with Gasteiger partial charge >= 0.3 is 0 Å². The van der Waals surface area contributed by atoms with E-state index >= 15 is 0 Å². The van der Waals surface area contributed by atoms with Gasteiger partial charge in [-0.1, -0.05) is 18.3 Å². The van der Waals surface area contributed by atoms with Crippen LogP contribution < -0.4 is 10.6 Å². The van der Waals surface area contributed by atoms with Crippen LogP contribution in [0.25, 0.3) is 9.53 Å². The zero-order valence-corrected chi connectivity index (χ0v) is 14.8. The van der Waals surface area contributed by atoms with Crippen LogP contribution in [0.3, 0.4) is 0 Å². The molecule has 7 heteroatoms. The molecule has 0 radical (unpaired) electrons. The second kappa shape index (κ2) is 6.14. The molecule has 1 saturated heterocycles. The number of hydrogen-bond acceptors (Lipinski definition) is 6. The van der Waals surface area contributed by atoms with Crippen molar-refractivity contribution in [1.82, 2.24) is 9.88 Å². The van der Waals surface area contributed by atoms with Gasteiger partial charge in [-0.05, 0) is 24.8 Å². The Labute approximate surface area is 138 Å². The first-order valence-electron chi connectivity index (χ1n) is 7.58. The normalized spacial score (nSPS) is 22.3. The fourth-order valence-electron chi connectivity index (χ4n) is 2.90. The Bertz CT molecular complexity index is 647. The third-order valence-corrected chi connectivity index (χ3v) is 6.50. The maximum atomic E-state index is 12.8. The van der Waals surface area contributed by atoms with E-state index in [0.717, 1.165) is 38.9 Å². The van der Waals surface area contributed by atoms with Gasteiger partial charge in [0.25, 0.3) is 5.91 Å². The minimum Gasteiger partial charge on any atom is -0.354 e. The molecule has 1 fully saturated rings. The number of amides is 1. The second-order valence-electron chi connectivity index (χ2n) is 6.19. The fraction of sp³-hybridized carbons (Fsp3) is 0.600. The lowest BCUT2D eigenvalue weighted by molar-refractivity contribution is 0.0579. The molecular formula is C15H22N4OS2. The molecule has 5 nitrogen and oxygen atoms in total. The number of carbonyl (C=O) groups is 1. The predicted octanol–water partition coefficient (Wildman–Crippen LogP) is 2.62. The van der Waals surface area contributed by atoms with E-state index in [1.165, 1.54) is 11.3 Å². The molecule has 1 amide bonds. The first-order valence-corrected chi connectivity index (χ1v) is 9.21. The van der Waals surface area contributed by atoms with Crippen molar-refractivity contribution >= 4 is 43.2 Å². The summed E-state index contributed by atoms with van der Waals surface area (Å²) >= 11 is 3.12. The minimum atomic E-state index is 0.115. The highest BCUT2D eigenvalue weighted by atomic mass is 32.1. The number of aromatic nitrogens is 1. The van der Waals surface area contributed by atoms with Crippen molar-refractivity contribution in [1.29, 1.82) is 0 Å². The monoisotopic (exact) mass is 338 g/mol. The summed E-state index contributed by atoms with van der Waals surface area (Å²) in [6.45, 7) is 3.58. The number of nitrogens with zero attached hydrogens (tertiary/aromatic N) is 3. The number of thiazole rings is 1. The van der Waals surface area contributed by atoms with Crippen molar-refractivity contribution < 1.29 is 4.79 Å². The molecule has 2 atom stereocenters. The molecule has 0 aromatic carbocycles. The number of likely N-dealkylation sites (tertiary alicyclic amines) is 1. The molecule has 0 aliphatic carbocycles. The van der Waals surface area contributed by atoms with Gasteiger partial charge in [-0.25, -0.2) is 4.98 Å². The Balaban J connectivity index is 1.83. The summed E-state index contributed by atoms with van der Waals surface area (Å²) in [5, 5.41) is 0.979. The summed E-state index contributed by atoms with van der Waals surface area (Å²) in [6.07, 6.45) is 2.07. The summed E-state index contributed by atoms with van der Waals surface area (Å²) in [5.41, 5.74) is 5.87. The average Bonchev–Trinajstić information content (AvgIpc) is 3.04. The summed E-state index contributed by atoms with van der Waals surface area (Å²) in [5.74, 6) is 0.762. The van der Waals surface area contributed by atoms with E-state index in [1.807, 2.05) is 30.0 Å². The summed E-state index contributed by atoms with van der Waals surface area (Å²) in [6, 6.07) is 2.15. The van der Waals surface area contributed by atoms with Crippen LogP contribution in [0.5, 0.6) is 0 Å². The molecule has 2 N–H and O–H groups in total. The first kappa shape index (κ1) is 15.7. The molecular weight excluding hydrogens is 316 g/mol. The molecule has 0 saturated carbocycles. The Hall–Kier alpha value is -1.18. The lowest BCUT2D eigenvalue weighted by Gasteiger charge is -2.37. The Morgan fingerprint density at radius 1 is 1.50 bits per heavy atom. The van der Waals surface area contributed by atoms with Crippen LogP contribution in [-0.2, 0) is 0 Å². The van der Waals surface area contributed by atoms with Crippen molar-refractivity contribution in [2.45, 2.75) is 25.8 Å². The van der Waals surface area contributed by atoms with Gasteiger partial charge in [0.2, 0.25) is 0 Å². The number of rotatable bonds is 3. The number of anilines is 1. The van der Waals surface area contributed by atoms with Crippen LogP contribution >= 0.6 is 22.7 Å². The third kappa shape index (κ3) is 2.85. The zero-order chi connectivity index (χ0) is 15.9. The van der Waals surface area contributed by atoms with Crippen molar-refractivity contribution in [3.8, 4) is 0 Å². The smallest absolute Gasteiger partial charge is 0.264 e. The zero-order valence-electron chi connectivity index (χ0n) is 13.2. The number of nitrogens with two attached hydrogens (primary N) is 1. The first-order chi connectivity index (χ1) is 10.5. The standard InChI is InChI=1S/C15H22N4OS2/c1-9-4-5-19(10(6-9)8-16)14(20)12-7-11-13(21-12)17-15(22-11)18(2)3/h7,9-10H,4-6,8,16H2,1-3H3. The van der Waals surface area contributed by atoms with E-state index in [1.54, 1.807) is 11.3 Å². The number of carbonyl (C=O) groups excluding carboxylic acids is 1. The Morgan fingerprint density at radius 2 is 2.27 bits per heavy atom. The van der Waals surface area contributed by atoms with Crippen LogP contribution in [0.2, 0.25) is 0 Å². The number of hydrogen-bond donors (Lipinski definition) is 1. The van der Waals surface area contributed by atoms with Crippen LogP contribution in [0.15, 0.2) is 6.07 Å². The molecule has 0 spiro atoms. The van der Waals surface area contributed by atoms with Crippen molar-refractivity contribution in [2.24, 2.45) is 11.7 Å². The summed E-state index contributed by atoms with van der Waals surface area (Å²) < 4.78 is 1.09. The van der Waals surface area contributed by atoms with Gasteiger partial charge in [0, 0.05) is 33.2 Å². The minimum absolute atomic E-state index is 0.115. The van der Waals surface area contributed by atoms with Gasteiger partial charge in [-0.15, -0.1) is 11.3 Å². The summed E-state index contributed by atoms with van der Waals surface area (Å²) in [7, 11) is 3.96. The fourth-order valence-corrected chi connectivity index (χ4v) is 4.99. The van der Waals surface area contributed by atoms with Gasteiger partial charge in [0.15, 0.2) is 5.13 Å². The molecule has 1 aliphatic rings. The van der Waals surface area contributed by atoms with Crippen LogP contribution in [0, 0.1) is 5.92 Å². The molecule has 22 heavy (non-hydrogen) atoms. The maximum absolute atomic E-state index is 12.8. The number of fused-ring (bicyclic) bond motifs is 1. The molecule has 2 unspecified atom stereocenters. The topological polar surface area (TPSA) is 62.5 Å². The highest BCUT2D eigenvalue weighted by molar-refractivity contribution is 7.29. The highest BCUT2D eigenvalue weighted by Crippen LogP contribution is 2.35. The number of piperidine rings is 1. The van der Waals surface area contributed by atoms with E-state index in [4.69, 9.17) is 5.73 Å². The van der Waals surface area contributed by atoms with Gasteiger partial charge < -0.3 is 15.5 Å². The van der Waals surface area contributed by atoms with Crippen molar-refractivity contribution in [2.75, 3.05) is 32.1 Å². The molecule has 2 aromatic heterocycles. The Kier molecular flexibility index (Phi) is 4.38. The highest BCUT2D eigenvalue weighted by Gasteiger charge is 2.30. The molecule has 0 bridgehead atoms. The quantitative estimate of drug-likeness (QED) is 0.934. The van der Waals surface area contributed by atoms with Crippen LogP contribution in [-0.4, -0.2) is 49.0 Å². The van der Waals surface area contributed by atoms with Crippen LogP contribution in [0.4, 0.5) is 5.13 Å². The van der Waals surface area contributed by atoms with Crippen LogP contribution in [0.1, 0.15) is 29.4 Å². The molecule has 3 heterocycles. The van der Waals surface area contributed by atoms with Gasteiger partial charge in [0.05, 0.1) is 9.58 Å². The van der Waals surface area contributed by atoms with Gasteiger partial charge in [-0.3, -0.25) is 4.79 Å². The molecule has 2 aromatic rings. The lowest BCUT2D eigenvalue weighted by Crippen LogP contribution is -2.49. The van der Waals surface area contributed by atoms with E-state index < -0.39 is 0 Å². The molecule has 3 rings (SSSR count). The SMILES string of the molecule is CC1CCN(C(=O)c2cc3sc(N(C)C)nc3s2)C(CN)C1. The van der Waals surface area contributed by atoms with Gasteiger partial charge in [-0.2, -0.15) is 0 Å². The molecule has 1 aliphatic heterocycles. The third-order valence-electron chi connectivity index (χ3n) is 4.18. The van der Waals surface area contributed by atoms with Gasteiger partial charge in [0.1, 0.15) is 4.83 Å². The van der Waals surface area contributed by atoms with Crippen molar-refractivity contribution in [3.63, 3.8) is 0 Å². The number of thiophene rings is 1. The summed E-state index contributed by atoms with van der Waals surface area (Å²) in [4.78, 5) is 23.1. The van der Waals surface area contributed by atoms with E-state index in [0.29, 0.717) is 12.5 Å².